The molecule has 0 fully saturated rings. The average molecular weight is 199 g/mol. The SMILES string of the molecule is CCCCOC(=O)C(C)(Cl)Cl. The van der Waals surface area contributed by atoms with Crippen molar-refractivity contribution in [3.05, 3.63) is 0 Å². The zero-order valence-electron chi connectivity index (χ0n) is 6.69. The smallest absolute Gasteiger partial charge is 0.342 e. The summed E-state index contributed by atoms with van der Waals surface area (Å²) in [6, 6.07) is 0. The highest BCUT2D eigenvalue weighted by Crippen LogP contribution is 2.21. The molecule has 0 aliphatic rings. The number of alkyl halides is 2. The summed E-state index contributed by atoms with van der Waals surface area (Å²) in [4.78, 5) is 10.9. The highest BCUT2D eigenvalue weighted by molar-refractivity contribution is 6.57. The number of unbranched alkanes of at least 4 members (excludes halogenated alkanes) is 1. The molecule has 66 valence electrons. The first kappa shape index (κ1) is 11.1. The zero-order chi connectivity index (χ0) is 8.91. The third kappa shape index (κ3) is 5.33. The van der Waals surface area contributed by atoms with Gasteiger partial charge in [-0.1, -0.05) is 36.5 Å². The van der Waals surface area contributed by atoms with Crippen LogP contribution in [0.2, 0.25) is 0 Å². The number of carbonyl (C=O) groups is 1. The van der Waals surface area contributed by atoms with Gasteiger partial charge < -0.3 is 4.74 Å². The van der Waals surface area contributed by atoms with E-state index in [0.717, 1.165) is 12.8 Å². The molecule has 0 saturated carbocycles. The number of ether oxygens (including phenoxy) is 1. The minimum absolute atomic E-state index is 0.393. The number of rotatable bonds is 4. The predicted octanol–water partition coefficient (Wildman–Crippen LogP) is 2.52. The van der Waals surface area contributed by atoms with E-state index in [1.165, 1.54) is 6.92 Å². The molecule has 0 aromatic heterocycles. The van der Waals surface area contributed by atoms with Gasteiger partial charge in [-0.3, -0.25) is 0 Å². The van der Waals surface area contributed by atoms with E-state index in [1.54, 1.807) is 0 Å². The van der Waals surface area contributed by atoms with Crippen molar-refractivity contribution in [2.75, 3.05) is 6.61 Å². The van der Waals surface area contributed by atoms with Crippen molar-refractivity contribution in [1.82, 2.24) is 0 Å². The topological polar surface area (TPSA) is 26.3 Å². The maximum absolute atomic E-state index is 10.9. The van der Waals surface area contributed by atoms with Crippen LogP contribution in [0.4, 0.5) is 0 Å². The predicted molar refractivity (Wildman–Crippen MR) is 46.0 cm³/mol. The van der Waals surface area contributed by atoms with Crippen LogP contribution in [0.5, 0.6) is 0 Å². The molecule has 0 aliphatic carbocycles. The van der Waals surface area contributed by atoms with Crippen LogP contribution in [-0.4, -0.2) is 16.9 Å². The summed E-state index contributed by atoms with van der Waals surface area (Å²) >= 11 is 10.9. The first-order valence-corrected chi connectivity index (χ1v) is 4.29. The zero-order valence-corrected chi connectivity index (χ0v) is 8.21. The van der Waals surface area contributed by atoms with Gasteiger partial charge in [-0.15, -0.1) is 0 Å². The van der Waals surface area contributed by atoms with Crippen LogP contribution in [0, 0.1) is 0 Å². The maximum atomic E-state index is 10.9. The highest BCUT2D eigenvalue weighted by atomic mass is 35.5. The fourth-order valence-electron chi connectivity index (χ4n) is 0.436. The summed E-state index contributed by atoms with van der Waals surface area (Å²) in [6.07, 6.45) is 1.82. The van der Waals surface area contributed by atoms with E-state index in [9.17, 15) is 4.79 Å². The highest BCUT2D eigenvalue weighted by Gasteiger charge is 2.28. The van der Waals surface area contributed by atoms with Crippen molar-refractivity contribution in [3.8, 4) is 0 Å². The number of esters is 1. The number of carbonyl (C=O) groups excluding carboxylic acids is 1. The molecule has 11 heavy (non-hydrogen) atoms. The van der Waals surface area contributed by atoms with Gasteiger partial charge in [0.1, 0.15) is 0 Å². The number of hydrogen-bond acceptors (Lipinski definition) is 2. The quantitative estimate of drug-likeness (QED) is 0.395. The largest absolute Gasteiger partial charge is 0.463 e. The fourth-order valence-corrected chi connectivity index (χ4v) is 0.545. The van der Waals surface area contributed by atoms with Crippen LogP contribution < -0.4 is 0 Å². The second-order valence-corrected chi connectivity index (χ2v) is 4.08. The molecule has 0 saturated heterocycles. The Balaban J connectivity index is 3.54. The van der Waals surface area contributed by atoms with Crippen molar-refractivity contribution < 1.29 is 9.53 Å². The Hall–Kier alpha value is 0.0500. The van der Waals surface area contributed by atoms with E-state index >= 15 is 0 Å². The van der Waals surface area contributed by atoms with Gasteiger partial charge >= 0.3 is 5.97 Å². The first-order valence-electron chi connectivity index (χ1n) is 3.53. The molecule has 0 spiro atoms. The van der Waals surface area contributed by atoms with Crippen molar-refractivity contribution in [2.45, 2.75) is 31.0 Å². The van der Waals surface area contributed by atoms with Crippen LogP contribution in [0.25, 0.3) is 0 Å². The van der Waals surface area contributed by atoms with Gasteiger partial charge in [0, 0.05) is 0 Å². The Bertz CT molecular complexity index is 129. The van der Waals surface area contributed by atoms with Crippen LogP contribution in [0.15, 0.2) is 0 Å². The molecule has 0 atom stereocenters. The van der Waals surface area contributed by atoms with Crippen LogP contribution in [0.3, 0.4) is 0 Å². The molecular weight excluding hydrogens is 187 g/mol. The van der Waals surface area contributed by atoms with Gasteiger partial charge in [0.2, 0.25) is 4.33 Å². The summed E-state index contributed by atoms with van der Waals surface area (Å²) in [5.41, 5.74) is 0. The maximum Gasteiger partial charge on any atom is 0.342 e. The third-order valence-electron chi connectivity index (χ3n) is 1.09. The van der Waals surface area contributed by atoms with Gasteiger partial charge in [0.05, 0.1) is 6.61 Å². The van der Waals surface area contributed by atoms with E-state index in [2.05, 4.69) is 0 Å². The normalized spacial score (nSPS) is 11.3. The molecule has 0 unspecified atom stereocenters. The molecule has 0 aromatic carbocycles. The minimum Gasteiger partial charge on any atom is -0.463 e. The summed E-state index contributed by atoms with van der Waals surface area (Å²) < 4.78 is 3.34. The summed E-state index contributed by atoms with van der Waals surface area (Å²) in [6.45, 7) is 3.79. The molecule has 0 aromatic rings. The Kier molecular flexibility index (Phi) is 4.86. The fraction of sp³-hybridized carbons (Fsp3) is 0.857. The summed E-state index contributed by atoms with van der Waals surface area (Å²) in [5.74, 6) is -0.575. The lowest BCUT2D eigenvalue weighted by molar-refractivity contribution is -0.144. The van der Waals surface area contributed by atoms with Crippen LogP contribution >= 0.6 is 23.2 Å². The van der Waals surface area contributed by atoms with Crippen molar-refractivity contribution in [1.29, 1.82) is 0 Å². The molecule has 0 aliphatic heterocycles. The van der Waals surface area contributed by atoms with E-state index in [-0.39, 0.29) is 0 Å². The van der Waals surface area contributed by atoms with Gasteiger partial charge in [-0.05, 0) is 13.3 Å². The van der Waals surface area contributed by atoms with Gasteiger partial charge in [0.15, 0.2) is 0 Å². The molecular formula is C7H12Cl2O2. The second-order valence-electron chi connectivity index (χ2n) is 2.38. The molecule has 0 bridgehead atoms. The van der Waals surface area contributed by atoms with Crippen molar-refractivity contribution in [3.63, 3.8) is 0 Å². The van der Waals surface area contributed by atoms with Gasteiger partial charge in [0.25, 0.3) is 0 Å². The molecule has 0 radical (unpaired) electrons. The third-order valence-corrected chi connectivity index (χ3v) is 1.40. The second kappa shape index (κ2) is 4.83. The number of hydrogen-bond donors (Lipinski definition) is 0. The molecule has 2 nitrogen and oxygen atoms in total. The van der Waals surface area contributed by atoms with E-state index in [1.807, 2.05) is 6.92 Å². The Morgan fingerprint density at radius 2 is 2.09 bits per heavy atom. The average Bonchev–Trinajstić information content (AvgIpc) is 1.86. The van der Waals surface area contributed by atoms with Gasteiger partial charge in [-0.25, -0.2) is 4.79 Å². The van der Waals surface area contributed by atoms with Crippen molar-refractivity contribution >= 4 is 29.2 Å². The van der Waals surface area contributed by atoms with E-state index in [0.29, 0.717) is 6.61 Å². The molecule has 4 heteroatoms. The molecule has 0 amide bonds. The lowest BCUT2D eigenvalue weighted by Crippen LogP contribution is -2.24. The molecule has 0 rings (SSSR count). The van der Waals surface area contributed by atoms with Crippen LogP contribution in [-0.2, 0) is 9.53 Å². The van der Waals surface area contributed by atoms with E-state index in [4.69, 9.17) is 27.9 Å². The number of halogens is 2. The first-order chi connectivity index (χ1) is 4.98. The molecule has 0 heterocycles. The Morgan fingerprint density at radius 3 is 2.45 bits per heavy atom. The minimum atomic E-state index is -1.41. The Morgan fingerprint density at radius 1 is 1.55 bits per heavy atom. The standard InChI is InChI=1S/C7H12Cl2O2/c1-3-4-5-11-6(10)7(2,8)9/h3-5H2,1-2H3. The monoisotopic (exact) mass is 198 g/mol. The summed E-state index contributed by atoms with van der Waals surface area (Å²) in [7, 11) is 0. The summed E-state index contributed by atoms with van der Waals surface area (Å²) in [5, 5.41) is 0. The van der Waals surface area contributed by atoms with E-state index < -0.39 is 10.3 Å². The Labute approximate surface area is 76.8 Å². The lowest BCUT2D eigenvalue weighted by Gasteiger charge is -2.11. The lowest BCUT2D eigenvalue weighted by atomic mass is 10.4. The van der Waals surface area contributed by atoms with Crippen molar-refractivity contribution in [2.24, 2.45) is 0 Å². The molecule has 0 N–H and O–H groups in total. The van der Waals surface area contributed by atoms with Gasteiger partial charge in [-0.2, -0.15) is 0 Å². The van der Waals surface area contributed by atoms with Crippen LogP contribution in [0.1, 0.15) is 26.7 Å².